The molecule has 0 N–H and O–H groups in total. The van der Waals surface area contributed by atoms with Crippen LogP contribution in [0.1, 0.15) is 12.8 Å². The topological polar surface area (TPSA) is 55.8 Å². The molecule has 122 valence electrons. The van der Waals surface area contributed by atoms with Gasteiger partial charge in [0.25, 0.3) is 0 Å². The van der Waals surface area contributed by atoms with Gasteiger partial charge in [0.15, 0.2) is 6.29 Å². The molecular formula is C14H17F2NO4S. The van der Waals surface area contributed by atoms with Crippen LogP contribution in [0.4, 0.5) is 8.78 Å². The van der Waals surface area contributed by atoms with Crippen LogP contribution >= 0.6 is 0 Å². The molecule has 2 saturated heterocycles. The van der Waals surface area contributed by atoms with Gasteiger partial charge in [0, 0.05) is 25.1 Å². The van der Waals surface area contributed by atoms with Crippen molar-refractivity contribution in [3.8, 4) is 0 Å². The maximum Gasteiger partial charge on any atom is 0.243 e. The Kier molecular flexibility index (Phi) is 4.44. The minimum atomic E-state index is -3.93. The predicted octanol–water partition coefficient (Wildman–Crippen LogP) is 1.74. The number of sulfonamides is 1. The molecule has 0 aliphatic carbocycles. The quantitative estimate of drug-likeness (QED) is 0.845. The number of ether oxygens (including phenoxy) is 2. The molecule has 0 bridgehead atoms. The minimum absolute atomic E-state index is 0.0653. The van der Waals surface area contributed by atoms with E-state index in [2.05, 4.69) is 0 Å². The van der Waals surface area contributed by atoms with E-state index in [0.29, 0.717) is 32.2 Å². The van der Waals surface area contributed by atoms with Gasteiger partial charge >= 0.3 is 0 Å². The highest BCUT2D eigenvalue weighted by Crippen LogP contribution is 2.29. The lowest BCUT2D eigenvalue weighted by Crippen LogP contribution is -2.43. The van der Waals surface area contributed by atoms with Gasteiger partial charge < -0.3 is 9.47 Å². The maximum absolute atomic E-state index is 13.3. The summed E-state index contributed by atoms with van der Waals surface area (Å²) in [5.74, 6) is -1.88. The Hall–Kier alpha value is -1.09. The van der Waals surface area contributed by atoms with E-state index in [1.807, 2.05) is 0 Å². The zero-order chi connectivity index (χ0) is 15.7. The van der Waals surface area contributed by atoms with Gasteiger partial charge in [-0.2, -0.15) is 4.31 Å². The van der Waals surface area contributed by atoms with Crippen molar-refractivity contribution in [1.29, 1.82) is 0 Å². The number of hydrogen-bond donors (Lipinski definition) is 0. The molecule has 2 fully saturated rings. The van der Waals surface area contributed by atoms with Crippen molar-refractivity contribution >= 4 is 10.0 Å². The smallest absolute Gasteiger partial charge is 0.243 e. The van der Waals surface area contributed by atoms with E-state index in [1.54, 1.807) is 0 Å². The second-order valence-electron chi connectivity index (χ2n) is 5.48. The summed E-state index contributed by atoms with van der Waals surface area (Å²) in [7, 11) is -3.93. The summed E-state index contributed by atoms with van der Waals surface area (Å²) in [6.07, 6.45) is 1.06. The fraction of sp³-hybridized carbons (Fsp3) is 0.571. The first-order chi connectivity index (χ1) is 10.5. The summed E-state index contributed by atoms with van der Waals surface area (Å²) < 4.78 is 63.8. The van der Waals surface area contributed by atoms with Gasteiger partial charge in [0.2, 0.25) is 10.0 Å². The van der Waals surface area contributed by atoms with Gasteiger partial charge in [-0.15, -0.1) is 0 Å². The third-order valence-corrected chi connectivity index (χ3v) is 5.77. The molecule has 0 aromatic heterocycles. The lowest BCUT2D eigenvalue weighted by Gasteiger charge is -2.33. The van der Waals surface area contributed by atoms with Gasteiger partial charge in [-0.1, -0.05) is 0 Å². The van der Waals surface area contributed by atoms with Crippen molar-refractivity contribution in [2.24, 2.45) is 5.92 Å². The first-order valence-corrected chi connectivity index (χ1v) is 8.60. The Morgan fingerprint density at radius 2 is 1.73 bits per heavy atom. The van der Waals surface area contributed by atoms with E-state index >= 15 is 0 Å². The average Bonchev–Trinajstić information content (AvgIpc) is 3.00. The van der Waals surface area contributed by atoms with E-state index in [9.17, 15) is 17.2 Å². The minimum Gasteiger partial charge on any atom is -0.350 e. The summed E-state index contributed by atoms with van der Waals surface area (Å²) in [6, 6.07) is 2.33. The lowest BCUT2D eigenvalue weighted by molar-refractivity contribution is -0.0940. The highest BCUT2D eigenvalue weighted by Gasteiger charge is 2.36. The second-order valence-corrected chi connectivity index (χ2v) is 7.42. The van der Waals surface area contributed by atoms with E-state index in [4.69, 9.17) is 9.47 Å². The molecule has 5 nitrogen and oxygen atoms in total. The highest BCUT2D eigenvalue weighted by molar-refractivity contribution is 7.89. The van der Waals surface area contributed by atoms with Gasteiger partial charge in [0.1, 0.15) is 11.6 Å². The van der Waals surface area contributed by atoms with Crippen LogP contribution in [0.2, 0.25) is 0 Å². The zero-order valence-electron chi connectivity index (χ0n) is 11.9. The number of hydrogen-bond acceptors (Lipinski definition) is 4. The fourth-order valence-electron chi connectivity index (χ4n) is 2.89. The van der Waals surface area contributed by atoms with Crippen LogP contribution in [-0.2, 0) is 19.5 Å². The van der Waals surface area contributed by atoms with Crippen molar-refractivity contribution in [3.63, 3.8) is 0 Å². The Labute approximate surface area is 127 Å². The largest absolute Gasteiger partial charge is 0.350 e. The first-order valence-electron chi connectivity index (χ1n) is 7.16. The van der Waals surface area contributed by atoms with Crippen LogP contribution in [0.5, 0.6) is 0 Å². The van der Waals surface area contributed by atoms with Crippen molar-refractivity contribution in [2.75, 3.05) is 26.3 Å². The summed E-state index contributed by atoms with van der Waals surface area (Å²) in [5.41, 5.74) is 0. The van der Waals surface area contributed by atoms with E-state index in [0.717, 1.165) is 18.6 Å². The van der Waals surface area contributed by atoms with E-state index < -0.39 is 27.9 Å². The van der Waals surface area contributed by atoms with Gasteiger partial charge in [-0.05, 0) is 25.0 Å². The molecule has 0 amide bonds. The first kappa shape index (κ1) is 15.8. The van der Waals surface area contributed by atoms with E-state index in [1.165, 1.54) is 4.31 Å². The van der Waals surface area contributed by atoms with Crippen LogP contribution in [0.15, 0.2) is 23.1 Å². The predicted molar refractivity (Wildman–Crippen MR) is 73.5 cm³/mol. The zero-order valence-corrected chi connectivity index (χ0v) is 12.7. The van der Waals surface area contributed by atoms with Crippen LogP contribution in [0, 0.1) is 17.6 Å². The molecule has 2 aliphatic rings. The molecule has 1 aromatic carbocycles. The molecule has 0 saturated carbocycles. The third-order valence-electron chi connectivity index (χ3n) is 3.93. The summed E-state index contributed by atoms with van der Waals surface area (Å²) in [6.45, 7) is 1.56. The van der Waals surface area contributed by atoms with Crippen LogP contribution in [-0.4, -0.2) is 45.3 Å². The average molecular weight is 333 g/mol. The molecular weight excluding hydrogens is 316 g/mol. The van der Waals surface area contributed by atoms with E-state index in [-0.39, 0.29) is 17.4 Å². The Morgan fingerprint density at radius 1 is 1.09 bits per heavy atom. The number of nitrogens with zero attached hydrogens (tertiary/aromatic N) is 1. The highest BCUT2D eigenvalue weighted by atomic mass is 32.2. The Morgan fingerprint density at radius 3 is 2.36 bits per heavy atom. The molecule has 22 heavy (non-hydrogen) atoms. The summed E-state index contributed by atoms with van der Waals surface area (Å²) >= 11 is 0. The molecule has 1 atom stereocenters. The van der Waals surface area contributed by atoms with Crippen LogP contribution in [0.3, 0.4) is 0 Å². The monoisotopic (exact) mass is 333 g/mol. The van der Waals surface area contributed by atoms with Crippen molar-refractivity contribution < 1.29 is 26.7 Å². The van der Waals surface area contributed by atoms with Crippen molar-refractivity contribution in [3.05, 3.63) is 29.8 Å². The molecule has 0 spiro atoms. The third kappa shape index (κ3) is 3.15. The molecule has 3 rings (SSSR count). The molecule has 2 aliphatic heterocycles. The number of benzene rings is 1. The molecule has 1 aromatic rings. The van der Waals surface area contributed by atoms with Gasteiger partial charge in [-0.25, -0.2) is 17.2 Å². The number of rotatable bonds is 3. The molecule has 0 radical (unpaired) electrons. The normalized spacial score (nSPS) is 24.7. The van der Waals surface area contributed by atoms with Crippen LogP contribution < -0.4 is 0 Å². The number of halogens is 2. The summed E-state index contributed by atoms with van der Waals surface area (Å²) in [5, 5.41) is 0. The van der Waals surface area contributed by atoms with Crippen molar-refractivity contribution in [2.45, 2.75) is 24.0 Å². The van der Waals surface area contributed by atoms with Crippen molar-refractivity contribution in [1.82, 2.24) is 4.31 Å². The van der Waals surface area contributed by atoms with Crippen LogP contribution in [0.25, 0.3) is 0 Å². The SMILES string of the molecule is O=S(=O)(c1cc(F)cc(F)c1)N1CCC[C@H](C2OCCO2)C1. The Bertz CT molecular complexity index is 626. The maximum atomic E-state index is 13.3. The Balaban J connectivity index is 1.81. The fourth-order valence-corrected chi connectivity index (χ4v) is 4.47. The molecule has 2 heterocycles. The standard InChI is InChI=1S/C14H17F2NO4S/c15-11-6-12(16)8-13(7-11)22(18,19)17-3-1-2-10(9-17)14-20-4-5-21-14/h6-8,10,14H,1-5,9H2/t10-/m0/s1. The molecule has 0 unspecified atom stereocenters. The second kappa shape index (κ2) is 6.19. The van der Waals surface area contributed by atoms with Gasteiger partial charge in [-0.3, -0.25) is 0 Å². The number of piperidine rings is 1. The van der Waals surface area contributed by atoms with Gasteiger partial charge in [0.05, 0.1) is 18.1 Å². The lowest BCUT2D eigenvalue weighted by atomic mass is 9.99. The summed E-state index contributed by atoms with van der Waals surface area (Å²) in [4.78, 5) is -0.362. The molecule has 8 heteroatoms.